The molecule has 0 unspecified atom stereocenters. The highest BCUT2D eigenvalue weighted by molar-refractivity contribution is 5.34. The maximum Gasteiger partial charge on any atom is 0.0991 e. The molecule has 3 heterocycles. The van der Waals surface area contributed by atoms with Gasteiger partial charge >= 0.3 is 0 Å². The Morgan fingerprint density at radius 2 is 1.95 bits per heavy atom. The Balaban J connectivity index is 1.42. The molecule has 2 aliphatic heterocycles. The fourth-order valence-electron chi connectivity index (χ4n) is 3.60. The first-order chi connectivity index (χ1) is 10.4. The van der Waals surface area contributed by atoms with Crippen LogP contribution in [0.4, 0.5) is 0 Å². The van der Waals surface area contributed by atoms with E-state index in [0.29, 0.717) is 6.04 Å². The first kappa shape index (κ1) is 13.0. The fraction of sp³-hybridized carbons (Fsp3) is 0.471. The van der Waals surface area contributed by atoms with Crippen molar-refractivity contribution in [3.63, 3.8) is 0 Å². The van der Waals surface area contributed by atoms with Gasteiger partial charge in [-0.15, -0.1) is 0 Å². The Kier molecular flexibility index (Phi) is 3.49. The van der Waals surface area contributed by atoms with Gasteiger partial charge in [-0.2, -0.15) is 0 Å². The monoisotopic (exact) mass is 282 g/mol. The maximum atomic E-state index is 4.09. The Hall–Kier alpha value is -1.65. The number of aromatic nitrogens is 2. The van der Waals surface area contributed by atoms with Crippen LogP contribution >= 0.6 is 0 Å². The molecule has 2 fully saturated rings. The molecule has 0 saturated carbocycles. The molecule has 110 valence electrons. The minimum absolute atomic E-state index is 0.711. The molecule has 4 rings (SSSR count). The topological polar surface area (TPSA) is 33.1 Å². The Morgan fingerprint density at radius 1 is 1.10 bits per heavy atom. The summed E-state index contributed by atoms with van der Waals surface area (Å²) in [6.07, 6.45) is 9.65. The molecular formula is C17H22N4. The number of nitrogens with zero attached hydrogens (tertiary/aromatic N) is 3. The van der Waals surface area contributed by atoms with Crippen LogP contribution < -0.4 is 5.32 Å². The van der Waals surface area contributed by atoms with Crippen molar-refractivity contribution < 1.29 is 0 Å². The minimum atomic E-state index is 0.711. The standard InChI is InChI=1S/C17H22N4/c1-5-17(21-10-8-18-13-21)6-2-14(1)11-20-9-7-15-3-4-16(12-20)19-15/h1-2,5-6,8,10,13,15-16,19H,3-4,7,9,11-12H2/t15-,16+/m1/s1. The van der Waals surface area contributed by atoms with Crippen molar-refractivity contribution in [2.45, 2.75) is 37.9 Å². The van der Waals surface area contributed by atoms with Crippen LogP contribution in [0, 0.1) is 0 Å². The van der Waals surface area contributed by atoms with Gasteiger partial charge in [-0.25, -0.2) is 4.98 Å². The van der Waals surface area contributed by atoms with E-state index in [1.807, 2.05) is 23.3 Å². The van der Waals surface area contributed by atoms with Gasteiger partial charge in [0.15, 0.2) is 0 Å². The van der Waals surface area contributed by atoms with Gasteiger partial charge in [-0.3, -0.25) is 4.90 Å². The van der Waals surface area contributed by atoms with E-state index in [1.54, 1.807) is 0 Å². The lowest BCUT2D eigenvalue weighted by molar-refractivity contribution is 0.251. The van der Waals surface area contributed by atoms with Gasteiger partial charge in [-0.05, 0) is 37.0 Å². The molecule has 2 saturated heterocycles. The molecular weight excluding hydrogens is 260 g/mol. The normalized spacial score (nSPS) is 25.9. The Bertz CT molecular complexity index is 575. The second-order valence-corrected chi connectivity index (χ2v) is 6.30. The number of likely N-dealkylation sites (tertiary alicyclic amines) is 1. The zero-order valence-electron chi connectivity index (χ0n) is 12.3. The molecule has 1 aromatic carbocycles. The highest BCUT2D eigenvalue weighted by Crippen LogP contribution is 2.21. The van der Waals surface area contributed by atoms with Gasteiger partial charge in [0.2, 0.25) is 0 Å². The van der Waals surface area contributed by atoms with Crippen LogP contribution in [-0.2, 0) is 6.54 Å². The van der Waals surface area contributed by atoms with Gasteiger partial charge in [-0.1, -0.05) is 12.1 Å². The number of fused-ring (bicyclic) bond motifs is 2. The molecule has 0 amide bonds. The number of benzene rings is 1. The smallest absolute Gasteiger partial charge is 0.0991 e. The zero-order chi connectivity index (χ0) is 14.1. The number of hydrogen-bond acceptors (Lipinski definition) is 3. The summed E-state index contributed by atoms with van der Waals surface area (Å²) in [7, 11) is 0. The lowest BCUT2D eigenvalue weighted by atomic mass is 10.1. The van der Waals surface area contributed by atoms with Crippen LogP contribution in [0.2, 0.25) is 0 Å². The Labute approximate surface area is 125 Å². The third kappa shape index (κ3) is 2.87. The van der Waals surface area contributed by atoms with E-state index in [9.17, 15) is 0 Å². The van der Waals surface area contributed by atoms with E-state index in [1.165, 1.54) is 43.6 Å². The van der Waals surface area contributed by atoms with Crippen LogP contribution in [-0.4, -0.2) is 39.6 Å². The van der Waals surface area contributed by atoms with Crippen LogP contribution in [0.25, 0.3) is 5.69 Å². The third-order valence-electron chi connectivity index (χ3n) is 4.75. The molecule has 4 heteroatoms. The summed E-state index contributed by atoms with van der Waals surface area (Å²) in [4.78, 5) is 6.69. The predicted octanol–water partition coefficient (Wildman–Crippen LogP) is 2.20. The molecule has 0 radical (unpaired) electrons. The molecule has 1 aromatic heterocycles. The quantitative estimate of drug-likeness (QED) is 0.937. The van der Waals surface area contributed by atoms with E-state index in [4.69, 9.17) is 0 Å². The maximum absolute atomic E-state index is 4.09. The Morgan fingerprint density at radius 3 is 2.76 bits per heavy atom. The fourth-order valence-corrected chi connectivity index (χ4v) is 3.60. The molecule has 4 nitrogen and oxygen atoms in total. The van der Waals surface area contributed by atoms with Crippen molar-refractivity contribution in [3.05, 3.63) is 48.5 Å². The SMILES string of the molecule is c1cn(-c2ccc(CN3CC[C@H]4CC[C@@H](C3)N4)cc2)cn1. The number of hydrogen-bond donors (Lipinski definition) is 1. The molecule has 2 bridgehead atoms. The summed E-state index contributed by atoms with van der Waals surface area (Å²) in [5.74, 6) is 0. The number of rotatable bonds is 3. The highest BCUT2D eigenvalue weighted by atomic mass is 15.2. The van der Waals surface area contributed by atoms with Gasteiger partial charge in [0.25, 0.3) is 0 Å². The second-order valence-electron chi connectivity index (χ2n) is 6.30. The number of imidazole rings is 1. The summed E-state index contributed by atoms with van der Waals surface area (Å²) in [5, 5.41) is 3.74. The van der Waals surface area contributed by atoms with Crippen molar-refractivity contribution >= 4 is 0 Å². The van der Waals surface area contributed by atoms with Crippen LogP contribution in [0.5, 0.6) is 0 Å². The van der Waals surface area contributed by atoms with Crippen LogP contribution in [0.1, 0.15) is 24.8 Å². The van der Waals surface area contributed by atoms with E-state index < -0.39 is 0 Å². The third-order valence-corrected chi connectivity index (χ3v) is 4.75. The predicted molar refractivity (Wildman–Crippen MR) is 83.4 cm³/mol. The van der Waals surface area contributed by atoms with Crippen LogP contribution in [0.15, 0.2) is 43.0 Å². The van der Waals surface area contributed by atoms with E-state index in [2.05, 4.69) is 39.5 Å². The summed E-state index contributed by atoms with van der Waals surface area (Å²) in [6, 6.07) is 10.3. The largest absolute Gasteiger partial charge is 0.310 e. The van der Waals surface area contributed by atoms with Crippen molar-refractivity contribution in [3.8, 4) is 5.69 Å². The van der Waals surface area contributed by atoms with Gasteiger partial charge in [0.05, 0.1) is 6.33 Å². The van der Waals surface area contributed by atoms with Gasteiger partial charge < -0.3 is 9.88 Å². The molecule has 0 spiro atoms. The van der Waals surface area contributed by atoms with Gasteiger partial charge in [0.1, 0.15) is 0 Å². The minimum Gasteiger partial charge on any atom is -0.310 e. The van der Waals surface area contributed by atoms with Crippen molar-refractivity contribution in [2.24, 2.45) is 0 Å². The zero-order valence-corrected chi connectivity index (χ0v) is 12.3. The van der Waals surface area contributed by atoms with Crippen molar-refractivity contribution in [2.75, 3.05) is 13.1 Å². The van der Waals surface area contributed by atoms with Crippen LogP contribution in [0.3, 0.4) is 0 Å². The highest BCUT2D eigenvalue weighted by Gasteiger charge is 2.28. The molecule has 21 heavy (non-hydrogen) atoms. The second kappa shape index (κ2) is 5.62. The molecule has 2 aromatic rings. The van der Waals surface area contributed by atoms with Gasteiger partial charge in [0, 0.05) is 49.8 Å². The van der Waals surface area contributed by atoms with E-state index in [-0.39, 0.29) is 0 Å². The number of nitrogens with one attached hydrogen (secondary N) is 1. The van der Waals surface area contributed by atoms with Crippen molar-refractivity contribution in [1.82, 2.24) is 19.8 Å². The molecule has 2 atom stereocenters. The van der Waals surface area contributed by atoms with Crippen molar-refractivity contribution in [1.29, 1.82) is 0 Å². The summed E-state index contributed by atoms with van der Waals surface area (Å²) >= 11 is 0. The summed E-state index contributed by atoms with van der Waals surface area (Å²) in [6.45, 7) is 3.48. The summed E-state index contributed by atoms with van der Waals surface area (Å²) < 4.78 is 2.04. The van der Waals surface area contributed by atoms with E-state index in [0.717, 1.165) is 12.6 Å². The average molecular weight is 282 g/mol. The molecule has 0 aliphatic carbocycles. The average Bonchev–Trinajstić information content (AvgIpc) is 3.12. The lowest BCUT2D eigenvalue weighted by Crippen LogP contribution is -2.34. The lowest BCUT2D eigenvalue weighted by Gasteiger charge is -2.24. The summed E-state index contributed by atoms with van der Waals surface area (Å²) in [5.41, 5.74) is 2.57. The molecule has 2 aliphatic rings. The van der Waals surface area contributed by atoms with E-state index >= 15 is 0 Å². The first-order valence-corrected chi connectivity index (χ1v) is 7.92. The first-order valence-electron chi connectivity index (χ1n) is 7.92. The molecule has 1 N–H and O–H groups in total.